The van der Waals surface area contributed by atoms with Crippen molar-refractivity contribution in [2.45, 2.75) is 33.2 Å². The van der Waals surface area contributed by atoms with Gasteiger partial charge in [-0.1, -0.05) is 37.3 Å². The zero-order valence-corrected chi connectivity index (χ0v) is 22.9. The van der Waals surface area contributed by atoms with Crippen molar-refractivity contribution in [3.05, 3.63) is 87.7 Å². The number of aromatic amines is 1. The Morgan fingerprint density at radius 2 is 1.77 bits per heavy atom. The van der Waals surface area contributed by atoms with E-state index in [0.717, 1.165) is 36.3 Å². The molecule has 1 fully saturated rings. The van der Waals surface area contributed by atoms with Gasteiger partial charge in [-0.3, -0.25) is 14.4 Å². The summed E-state index contributed by atoms with van der Waals surface area (Å²) in [7, 11) is 2.06. The van der Waals surface area contributed by atoms with Crippen molar-refractivity contribution in [1.82, 2.24) is 20.1 Å². The summed E-state index contributed by atoms with van der Waals surface area (Å²) in [6.07, 6.45) is 2.54. The quantitative estimate of drug-likeness (QED) is 0.416. The Bertz CT molecular complexity index is 1450. The number of aromatic nitrogens is 1. The number of carbonyl (C=O) groups excluding carboxylic acids is 3. The summed E-state index contributed by atoms with van der Waals surface area (Å²) in [4.78, 5) is 46.9. The van der Waals surface area contributed by atoms with Gasteiger partial charge >= 0.3 is 0 Å². The molecule has 3 N–H and O–H groups in total. The van der Waals surface area contributed by atoms with Crippen molar-refractivity contribution >= 4 is 35.1 Å². The normalized spacial score (nSPS) is 17.2. The molecule has 8 nitrogen and oxygen atoms in total. The van der Waals surface area contributed by atoms with Crippen LogP contribution in [0.3, 0.4) is 0 Å². The number of fused-ring (bicyclic) bond motifs is 1. The molecule has 2 aliphatic rings. The molecule has 0 radical (unpaired) electrons. The van der Waals surface area contributed by atoms with Crippen LogP contribution in [-0.2, 0) is 4.79 Å². The number of carbonyl (C=O) groups is 3. The molecule has 1 atom stereocenters. The van der Waals surface area contributed by atoms with E-state index < -0.39 is 0 Å². The first-order chi connectivity index (χ1) is 18.8. The molecule has 0 aliphatic carbocycles. The second-order valence-corrected chi connectivity index (χ2v) is 10.4. The molecule has 1 aromatic heterocycles. The maximum absolute atomic E-state index is 13.3. The standard InChI is InChI=1S/C31H35N5O3/c1-5-25(21-9-7-6-8-10-21)33-29(37)22-11-12-26-23(17-22)24(30(38)34-26)18-27-19(2)28(20(3)32-27)31(39)36-15-13-35(4)14-16-36/h6-12,17-18,25,32H,5,13-16H2,1-4H3,(H,33,37)(H,34,38)/t25-/m0/s1. The second-order valence-electron chi connectivity index (χ2n) is 10.4. The van der Waals surface area contributed by atoms with Gasteiger partial charge in [-0.2, -0.15) is 0 Å². The number of aryl methyl sites for hydroxylation is 1. The van der Waals surface area contributed by atoms with Crippen molar-refractivity contribution in [2.24, 2.45) is 0 Å². The molecule has 0 unspecified atom stereocenters. The second kappa shape index (κ2) is 10.9. The summed E-state index contributed by atoms with van der Waals surface area (Å²) in [5.74, 6) is -0.422. The van der Waals surface area contributed by atoms with Crippen LogP contribution in [0.15, 0.2) is 48.5 Å². The van der Waals surface area contributed by atoms with Crippen LogP contribution in [-0.4, -0.2) is 65.7 Å². The van der Waals surface area contributed by atoms with Crippen molar-refractivity contribution in [1.29, 1.82) is 0 Å². The molecule has 3 amide bonds. The number of nitrogens with one attached hydrogen (secondary N) is 3. The SMILES string of the molecule is CC[C@H](NC(=O)c1ccc2c(c1)C(=Cc1[nH]c(C)c(C(=O)N3CCN(C)CC3)c1C)C(=O)N2)c1ccccc1. The number of H-pyrrole nitrogens is 1. The molecule has 39 heavy (non-hydrogen) atoms. The Kier molecular flexibility index (Phi) is 7.39. The summed E-state index contributed by atoms with van der Waals surface area (Å²) in [6.45, 7) is 8.92. The molecule has 202 valence electrons. The first-order valence-electron chi connectivity index (χ1n) is 13.5. The molecule has 0 bridgehead atoms. The lowest BCUT2D eigenvalue weighted by atomic mass is 10.0. The van der Waals surface area contributed by atoms with Crippen molar-refractivity contribution in [3.8, 4) is 0 Å². The molecule has 1 saturated heterocycles. The highest BCUT2D eigenvalue weighted by Crippen LogP contribution is 2.35. The van der Waals surface area contributed by atoms with Crippen LogP contribution < -0.4 is 10.6 Å². The van der Waals surface area contributed by atoms with Gasteiger partial charge in [0.1, 0.15) is 0 Å². The minimum Gasteiger partial charge on any atom is -0.358 e. The van der Waals surface area contributed by atoms with Crippen LogP contribution in [0.1, 0.15) is 68.2 Å². The summed E-state index contributed by atoms with van der Waals surface area (Å²) in [6, 6.07) is 15.0. The zero-order valence-electron chi connectivity index (χ0n) is 22.9. The minimum atomic E-state index is -0.239. The lowest BCUT2D eigenvalue weighted by Crippen LogP contribution is -2.47. The highest BCUT2D eigenvalue weighted by molar-refractivity contribution is 6.35. The van der Waals surface area contributed by atoms with Crippen molar-refractivity contribution < 1.29 is 14.4 Å². The van der Waals surface area contributed by atoms with Gasteiger partial charge in [0, 0.05) is 54.4 Å². The maximum atomic E-state index is 13.3. The van der Waals surface area contributed by atoms with Gasteiger partial charge in [0.25, 0.3) is 17.7 Å². The summed E-state index contributed by atoms with van der Waals surface area (Å²) >= 11 is 0. The van der Waals surface area contributed by atoms with Crippen molar-refractivity contribution in [2.75, 3.05) is 38.5 Å². The Balaban J connectivity index is 1.41. The third kappa shape index (κ3) is 5.25. The molecule has 2 aliphatic heterocycles. The average Bonchev–Trinajstić information content (AvgIpc) is 3.41. The largest absolute Gasteiger partial charge is 0.358 e. The van der Waals surface area contributed by atoms with E-state index in [4.69, 9.17) is 0 Å². The lowest BCUT2D eigenvalue weighted by molar-refractivity contribution is -0.110. The molecule has 3 heterocycles. The summed E-state index contributed by atoms with van der Waals surface area (Å²) in [5, 5.41) is 6.02. The van der Waals surface area contributed by atoms with Gasteiger partial charge in [0.05, 0.1) is 17.2 Å². The van der Waals surface area contributed by atoms with Crippen LogP contribution in [0.25, 0.3) is 11.6 Å². The van der Waals surface area contributed by atoms with Gasteiger partial charge in [-0.25, -0.2) is 0 Å². The van der Waals surface area contributed by atoms with E-state index in [1.165, 1.54) is 0 Å². The number of nitrogens with zero attached hydrogens (tertiary/aromatic N) is 2. The lowest BCUT2D eigenvalue weighted by Gasteiger charge is -2.32. The summed E-state index contributed by atoms with van der Waals surface area (Å²) < 4.78 is 0. The van der Waals surface area contributed by atoms with Crippen LogP contribution in [0.5, 0.6) is 0 Å². The highest BCUT2D eigenvalue weighted by Gasteiger charge is 2.29. The fourth-order valence-electron chi connectivity index (χ4n) is 5.37. The van der Waals surface area contributed by atoms with Gasteiger partial charge in [-0.05, 0) is 62.7 Å². The summed E-state index contributed by atoms with van der Waals surface area (Å²) in [5.41, 5.74) is 6.28. The molecular weight excluding hydrogens is 490 g/mol. The van der Waals surface area contributed by atoms with Crippen LogP contribution >= 0.6 is 0 Å². The van der Waals surface area contributed by atoms with E-state index in [1.807, 2.05) is 56.0 Å². The fraction of sp³-hybridized carbons (Fsp3) is 0.323. The van der Waals surface area contributed by atoms with E-state index in [0.29, 0.717) is 46.7 Å². The van der Waals surface area contributed by atoms with Gasteiger partial charge in [0.15, 0.2) is 0 Å². The Labute approximate surface area is 229 Å². The van der Waals surface area contributed by atoms with E-state index in [2.05, 4.69) is 27.6 Å². The number of rotatable bonds is 6. The number of anilines is 1. The predicted octanol–water partition coefficient (Wildman–Crippen LogP) is 4.39. The monoisotopic (exact) mass is 525 g/mol. The smallest absolute Gasteiger partial charge is 0.256 e. The third-order valence-electron chi connectivity index (χ3n) is 7.75. The topological polar surface area (TPSA) is 97.5 Å². The van der Waals surface area contributed by atoms with E-state index in [-0.39, 0.29) is 23.8 Å². The molecule has 5 rings (SSSR count). The van der Waals surface area contributed by atoms with Crippen LogP contribution in [0.4, 0.5) is 5.69 Å². The van der Waals surface area contributed by atoms with Crippen LogP contribution in [0.2, 0.25) is 0 Å². The van der Waals surface area contributed by atoms with Gasteiger partial charge in [-0.15, -0.1) is 0 Å². The first-order valence-corrected chi connectivity index (χ1v) is 13.5. The van der Waals surface area contributed by atoms with E-state index in [9.17, 15) is 14.4 Å². The third-order valence-corrected chi connectivity index (χ3v) is 7.75. The minimum absolute atomic E-state index is 0.0122. The number of piperazine rings is 1. The van der Waals surface area contributed by atoms with Gasteiger partial charge < -0.3 is 25.4 Å². The van der Waals surface area contributed by atoms with Gasteiger partial charge in [0.2, 0.25) is 0 Å². The first kappa shape index (κ1) is 26.4. The molecule has 0 saturated carbocycles. The zero-order chi connectivity index (χ0) is 27.7. The molecular formula is C31H35N5O3. The number of benzene rings is 2. The molecule has 2 aromatic carbocycles. The number of likely N-dealkylation sites (N-methyl/N-ethyl adjacent to an activating group) is 1. The Morgan fingerprint density at radius 3 is 2.46 bits per heavy atom. The van der Waals surface area contributed by atoms with Crippen LogP contribution in [0, 0.1) is 13.8 Å². The van der Waals surface area contributed by atoms with E-state index >= 15 is 0 Å². The molecule has 8 heteroatoms. The number of hydrogen-bond acceptors (Lipinski definition) is 4. The predicted molar refractivity (Wildman–Crippen MR) is 154 cm³/mol. The Morgan fingerprint density at radius 1 is 1.05 bits per heavy atom. The Hall–Kier alpha value is -4.17. The van der Waals surface area contributed by atoms with Crippen molar-refractivity contribution in [3.63, 3.8) is 0 Å². The molecule has 3 aromatic rings. The van der Waals surface area contributed by atoms with E-state index in [1.54, 1.807) is 24.3 Å². The fourth-order valence-corrected chi connectivity index (χ4v) is 5.37. The number of hydrogen-bond donors (Lipinski definition) is 3. The highest BCUT2D eigenvalue weighted by atomic mass is 16.2. The maximum Gasteiger partial charge on any atom is 0.256 e. The number of amides is 3. The molecule has 0 spiro atoms. The average molecular weight is 526 g/mol.